The minimum Gasteiger partial charge on any atom is -0.364 e. The van der Waals surface area contributed by atoms with Gasteiger partial charge in [0.2, 0.25) is 0 Å². The molecule has 1 aliphatic carbocycles. The molecule has 1 aliphatic rings. The minimum atomic E-state index is -1.67. The lowest BCUT2D eigenvalue weighted by Crippen LogP contribution is -2.30. The Morgan fingerprint density at radius 3 is 3.09 bits per heavy atom. The van der Waals surface area contributed by atoms with Crippen LogP contribution in [0.5, 0.6) is 0 Å². The van der Waals surface area contributed by atoms with Crippen LogP contribution in [0.1, 0.15) is 11.3 Å². The quantitative estimate of drug-likeness (QED) is 0.466. The van der Waals surface area contributed by atoms with Gasteiger partial charge in [0.15, 0.2) is 5.79 Å². The van der Waals surface area contributed by atoms with Crippen molar-refractivity contribution in [1.29, 1.82) is 0 Å². The monoisotopic (exact) mass is 151 g/mol. The predicted octanol–water partition coefficient (Wildman–Crippen LogP) is 0.265. The second-order valence-corrected chi connectivity index (χ2v) is 2.80. The van der Waals surface area contributed by atoms with Crippen LogP contribution in [-0.2, 0) is 6.42 Å². The summed E-state index contributed by atoms with van der Waals surface area (Å²) >= 11 is 0. The Labute approximate surface area is 64.0 Å². The largest absolute Gasteiger partial charge is 0.364 e. The van der Waals surface area contributed by atoms with Crippen molar-refractivity contribution in [3.8, 4) is 0 Å². The van der Waals surface area contributed by atoms with E-state index in [0.29, 0.717) is 0 Å². The molecule has 0 aromatic carbocycles. The first-order valence-electron chi connectivity index (χ1n) is 3.48. The highest BCUT2D eigenvalue weighted by molar-refractivity contribution is 5.56. The van der Waals surface area contributed by atoms with Gasteiger partial charge in [0.1, 0.15) is 0 Å². The molecule has 1 heterocycles. The van der Waals surface area contributed by atoms with E-state index in [1.165, 1.54) is 6.08 Å². The number of hydrogen-bond acceptors (Lipinski definition) is 2. The average molecular weight is 151 g/mol. The van der Waals surface area contributed by atoms with E-state index in [1.807, 2.05) is 6.07 Å². The van der Waals surface area contributed by atoms with Crippen LogP contribution >= 0.6 is 0 Å². The molecule has 58 valence electrons. The molecule has 3 heteroatoms. The fourth-order valence-electron chi connectivity index (χ4n) is 1.27. The van der Waals surface area contributed by atoms with Crippen molar-refractivity contribution in [2.75, 3.05) is 0 Å². The molecule has 1 aromatic heterocycles. The van der Waals surface area contributed by atoms with Crippen LogP contribution in [0.15, 0.2) is 18.3 Å². The van der Waals surface area contributed by atoms with Gasteiger partial charge in [0.05, 0.1) is 0 Å². The zero-order valence-electron chi connectivity index (χ0n) is 5.91. The molecule has 11 heavy (non-hydrogen) atoms. The molecule has 2 rings (SSSR count). The number of aromatic amines is 1. The number of fused-ring (bicyclic) bond motifs is 1. The number of hydrogen-bond donors (Lipinski definition) is 3. The van der Waals surface area contributed by atoms with Crippen molar-refractivity contribution in [3.63, 3.8) is 0 Å². The third-order valence-electron chi connectivity index (χ3n) is 1.84. The average Bonchev–Trinajstić information content (AvgIpc) is 2.31. The number of H-pyrrole nitrogens is 1. The second kappa shape index (κ2) is 1.96. The maximum Gasteiger partial charge on any atom is 0.188 e. The highest BCUT2D eigenvalue weighted by atomic mass is 16.5. The first-order chi connectivity index (χ1) is 5.17. The van der Waals surface area contributed by atoms with E-state index >= 15 is 0 Å². The van der Waals surface area contributed by atoms with Crippen LogP contribution in [0, 0.1) is 0 Å². The molecule has 0 atom stereocenters. The van der Waals surface area contributed by atoms with Gasteiger partial charge < -0.3 is 15.2 Å². The molecule has 1 aromatic rings. The molecule has 3 N–H and O–H groups in total. The third-order valence-corrected chi connectivity index (χ3v) is 1.84. The molecule has 0 radical (unpaired) electrons. The molecular formula is C8H9NO2. The van der Waals surface area contributed by atoms with E-state index in [2.05, 4.69) is 4.98 Å². The standard InChI is InChI=1S/C8H9NO2/c10-8(11)3-1-6-2-4-9-7(6)5-8/h1-4,9-11H,5H2. The Hall–Kier alpha value is -1.06. The summed E-state index contributed by atoms with van der Waals surface area (Å²) in [6, 6.07) is 1.90. The lowest BCUT2D eigenvalue weighted by atomic mass is 10.0. The lowest BCUT2D eigenvalue weighted by Gasteiger charge is -2.20. The van der Waals surface area contributed by atoms with E-state index in [4.69, 9.17) is 0 Å². The van der Waals surface area contributed by atoms with Crippen LogP contribution in [0.25, 0.3) is 6.08 Å². The fourth-order valence-corrected chi connectivity index (χ4v) is 1.27. The molecule has 0 saturated carbocycles. The zero-order chi connectivity index (χ0) is 7.90. The van der Waals surface area contributed by atoms with Crippen molar-refractivity contribution in [1.82, 2.24) is 4.98 Å². The maximum atomic E-state index is 9.19. The Morgan fingerprint density at radius 2 is 2.27 bits per heavy atom. The van der Waals surface area contributed by atoms with E-state index in [9.17, 15) is 10.2 Å². The van der Waals surface area contributed by atoms with Crippen LogP contribution in [0.2, 0.25) is 0 Å². The van der Waals surface area contributed by atoms with Gasteiger partial charge in [-0.1, -0.05) is 6.08 Å². The van der Waals surface area contributed by atoms with E-state index in [0.717, 1.165) is 11.3 Å². The SMILES string of the molecule is OC1(O)C=Cc2cc[nH]c2C1. The Kier molecular flexibility index (Phi) is 1.19. The summed E-state index contributed by atoms with van der Waals surface area (Å²) in [6.07, 6.45) is 5.13. The van der Waals surface area contributed by atoms with Crippen LogP contribution in [-0.4, -0.2) is 21.0 Å². The predicted molar refractivity (Wildman–Crippen MR) is 40.7 cm³/mol. The van der Waals surface area contributed by atoms with Crippen LogP contribution in [0.3, 0.4) is 0 Å². The van der Waals surface area contributed by atoms with Crippen molar-refractivity contribution >= 4 is 6.08 Å². The third kappa shape index (κ3) is 1.08. The summed E-state index contributed by atoms with van der Waals surface area (Å²) < 4.78 is 0. The van der Waals surface area contributed by atoms with E-state index in [-0.39, 0.29) is 6.42 Å². The minimum absolute atomic E-state index is 0.242. The molecule has 0 spiro atoms. The molecule has 0 unspecified atom stereocenters. The molecule has 0 saturated heterocycles. The number of rotatable bonds is 0. The number of nitrogens with one attached hydrogen (secondary N) is 1. The van der Waals surface area contributed by atoms with E-state index < -0.39 is 5.79 Å². The smallest absolute Gasteiger partial charge is 0.188 e. The molecule has 0 aliphatic heterocycles. The first kappa shape index (κ1) is 6.64. The summed E-state index contributed by atoms with van der Waals surface area (Å²) in [5.74, 6) is -1.67. The molecule has 0 bridgehead atoms. The van der Waals surface area contributed by atoms with Crippen LogP contribution in [0.4, 0.5) is 0 Å². The van der Waals surface area contributed by atoms with Crippen molar-refractivity contribution < 1.29 is 10.2 Å². The van der Waals surface area contributed by atoms with Gasteiger partial charge >= 0.3 is 0 Å². The lowest BCUT2D eigenvalue weighted by molar-refractivity contribution is -0.117. The van der Waals surface area contributed by atoms with Crippen LogP contribution < -0.4 is 0 Å². The van der Waals surface area contributed by atoms with Crippen molar-refractivity contribution in [2.45, 2.75) is 12.2 Å². The summed E-state index contributed by atoms with van der Waals surface area (Å²) in [5.41, 5.74) is 1.90. The summed E-state index contributed by atoms with van der Waals surface area (Å²) in [4.78, 5) is 2.94. The van der Waals surface area contributed by atoms with E-state index in [1.54, 1.807) is 12.3 Å². The second-order valence-electron chi connectivity index (χ2n) is 2.80. The van der Waals surface area contributed by atoms with Gasteiger partial charge in [0, 0.05) is 18.3 Å². The van der Waals surface area contributed by atoms with Gasteiger partial charge in [-0.2, -0.15) is 0 Å². The first-order valence-corrected chi connectivity index (χ1v) is 3.48. The highest BCUT2D eigenvalue weighted by Gasteiger charge is 2.24. The normalized spacial score (nSPS) is 19.8. The maximum absolute atomic E-state index is 9.19. The van der Waals surface area contributed by atoms with Gasteiger partial charge in [-0.3, -0.25) is 0 Å². The molecule has 0 fully saturated rings. The summed E-state index contributed by atoms with van der Waals surface area (Å²) in [7, 11) is 0. The highest BCUT2D eigenvalue weighted by Crippen LogP contribution is 2.22. The molecule has 3 nitrogen and oxygen atoms in total. The van der Waals surface area contributed by atoms with Gasteiger partial charge in [-0.05, 0) is 17.7 Å². The Bertz CT molecular complexity index is 299. The van der Waals surface area contributed by atoms with Gasteiger partial charge in [0.25, 0.3) is 0 Å². The Morgan fingerprint density at radius 1 is 1.45 bits per heavy atom. The Balaban J connectivity index is 2.44. The fraction of sp³-hybridized carbons (Fsp3) is 0.250. The van der Waals surface area contributed by atoms with Gasteiger partial charge in [-0.15, -0.1) is 0 Å². The summed E-state index contributed by atoms with van der Waals surface area (Å²) in [5, 5.41) is 18.4. The number of aliphatic hydroxyl groups is 2. The number of aromatic nitrogens is 1. The van der Waals surface area contributed by atoms with Crippen molar-refractivity contribution in [3.05, 3.63) is 29.6 Å². The molecule has 0 amide bonds. The zero-order valence-corrected chi connectivity index (χ0v) is 5.91. The molecular weight excluding hydrogens is 142 g/mol. The summed E-state index contributed by atoms with van der Waals surface area (Å²) in [6.45, 7) is 0. The van der Waals surface area contributed by atoms with Gasteiger partial charge in [-0.25, -0.2) is 0 Å². The topological polar surface area (TPSA) is 56.2 Å². The van der Waals surface area contributed by atoms with Crippen molar-refractivity contribution in [2.24, 2.45) is 0 Å².